The van der Waals surface area contributed by atoms with Crippen molar-refractivity contribution in [2.45, 2.75) is 119 Å². The molecule has 0 nitrogen and oxygen atoms in total. The van der Waals surface area contributed by atoms with Gasteiger partial charge in [0.15, 0.2) is 0 Å². The molecule has 2 aliphatic carbocycles. The molecule has 0 aliphatic heterocycles. The minimum Gasteiger partial charge on any atom is -0.0654 e. The molecule has 0 saturated heterocycles. The molecule has 0 bridgehead atoms. The lowest BCUT2D eigenvalue weighted by Crippen LogP contribution is -2.55. The zero-order valence-electron chi connectivity index (χ0n) is 18.7. The van der Waals surface area contributed by atoms with Crippen LogP contribution in [0.1, 0.15) is 119 Å². The minimum absolute atomic E-state index is 0.560. The molecule has 0 N–H and O–H groups in total. The molecule has 2 fully saturated rings. The topological polar surface area (TPSA) is 0 Å². The first-order valence-electron chi connectivity index (χ1n) is 11.8. The van der Waals surface area contributed by atoms with Crippen LogP contribution in [0.5, 0.6) is 0 Å². The van der Waals surface area contributed by atoms with Gasteiger partial charge in [0.2, 0.25) is 0 Å². The fraction of sp³-hybridized carbons (Fsp3) is 1.00. The van der Waals surface area contributed by atoms with Gasteiger partial charge in [-0.25, -0.2) is 0 Å². The Bertz CT molecular complexity index is 395. The highest BCUT2D eigenvalue weighted by molar-refractivity contribution is 5.06. The first kappa shape index (κ1) is 21.3. The first-order valence-corrected chi connectivity index (χ1v) is 11.8. The Morgan fingerprint density at radius 1 is 0.960 bits per heavy atom. The van der Waals surface area contributed by atoms with E-state index in [2.05, 4.69) is 48.5 Å². The molecule has 0 amide bonds. The van der Waals surface area contributed by atoms with Crippen LogP contribution >= 0.6 is 0 Å². The van der Waals surface area contributed by atoms with E-state index in [0.29, 0.717) is 10.8 Å². The summed E-state index contributed by atoms with van der Waals surface area (Å²) in [4.78, 5) is 0. The molecule has 0 aromatic rings. The second kappa shape index (κ2) is 8.79. The number of hydrogen-bond acceptors (Lipinski definition) is 0. The van der Waals surface area contributed by atoms with Crippen LogP contribution in [-0.2, 0) is 0 Å². The van der Waals surface area contributed by atoms with Crippen LogP contribution in [0, 0.1) is 40.4 Å². The van der Waals surface area contributed by atoms with Crippen molar-refractivity contribution in [3.63, 3.8) is 0 Å². The van der Waals surface area contributed by atoms with Crippen molar-refractivity contribution in [2.75, 3.05) is 0 Å². The van der Waals surface area contributed by atoms with E-state index >= 15 is 0 Å². The van der Waals surface area contributed by atoms with Gasteiger partial charge in [-0.3, -0.25) is 0 Å². The monoisotopic (exact) mass is 348 g/mol. The lowest BCUT2D eigenvalue weighted by atomic mass is 9.42. The van der Waals surface area contributed by atoms with E-state index in [-0.39, 0.29) is 0 Å². The van der Waals surface area contributed by atoms with Crippen molar-refractivity contribution in [3.05, 3.63) is 0 Å². The van der Waals surface area contributed by atoms with E-state index in [1.807, 2.05) is 0 Å². The van der Waals surface area contributed by atoms with Crippen molar-refractivity contribution >= 4 is 0 Å². The molecule has 0 radical (unpaired) electrons. The molecule has 0 aromatic carbocycles. The third-order valence-corrected chi connectivity index (χ3v) is 8.93. The molecule has 148 valence electrons. The zero-order chi connectivity index (χ0) is 18.7. The molecule has 0 spiro atoms. The smallest absolute Gasteiger partial charge is 0.0233 e. The van der Waals surface area contributed by atoms with Crippen molar-refractivity contribution in [1.82, 2.24) is 0 Å². The summed E-state index contributed by atoms with van der Waals surface area (Å²) in [5.74, 6) is 4.76. The van der Waals surface area contributed by atoms with Crippen molar-refractivity contribution in [2.24, 2.45) is 40.4 Å². The minimum atomic E-state index is 0.560. The van der Waals surface area contributed by atoms with Gasteiger partial charge in [-0.2, -0.15) is 0 Å². The molecule has 0 heterocycles. The molecular weight excluding hydrogens is 300 g/mol. The Labute approximate surface area is 159 Å². The van der Waals surface area contributed by atoms with Crippen LogP contribution in [0.4, 0.5) is 0 Å². The lowest BCUT2D eigenvalue weighted by molar-refractivity contribution is -0.138. The molecule has 0 aromatic heterocycles. The van der Waals surface area contributed by atoms with Gasteiger partial charge in [0, 0.05) is 0 Å². The quantitative estimate of drug-likeness (QED) is 0.386. The SMILES string of the molecule is CCCCCC1CCC(C)(C)[C@@H]2CC[C@H](C)[C@H](CC[C@H](C)CC)[C@@]12C. The molecule has 1 unspecified atom stereocenters. The summed E-state index contributed by atoms with van der Waals surface area (Å²) in [6.07, 6.45) is 16.0. The average molecular weight is 349 g/mol. The van der Waals surface area contributed by atoms with Gasteiger partial charge in [0.25, 0.3) is 0 Å². The maximum atomic E-state index is 2.76. The highest BCUT2D eigenvalue weighted by Crippen LogP contribution is 2.65. The van der Waals surface area contributed by atoms with Gasteiger partial charge < -0.3 is 0 Å². The van der Waals surface area contributed by atoms with Gasteiger partial charge in [-0.1, -0.05) is 87.0 Å². The average Bonchev–Trinajstić information content (AvgIpc) is 2.56. The van der Waals surface area contributed by atoms with E-state index in [1.54, 1.807) is 0 Å². The summed E-state index contributed by atoms with van der Waals surface area (Å²) in [7, 11) is 0. The van der Waals surface area contributed by atoms with E-state index in [1.165, 1.54) is 70.6 Å². The van der Waals surface area contributed by atoms with E-state index < -0.39 is 0 Å². The normalized spacial score (nSPS) is 39.0. The summed E-state index contributed by atoms with van der Waals surface area (Å²) in [6.45, 7) is 17.7. The van der Waals surface area contributed by atoms with Crippen LogP contribution in [-0.4, -0.2) is 0 Å². The number of hydrogen-bond donors (Lipinski definition) is 0. The standard InChI is InChI=1S/C25H48/c1-8-10-11-12-21-17-18-24(5,6)23-16-14-20(4)22(25(21,23)7)15-13-19(3)9-2/h19-23H,8-18H2,1-7H3/t19-,20+,21?,22+,23+,25-/m1/s1. The fourth-order valence-corrected chi connectivity index (χ4v) is 7.02. The summed E-state index contributed by atoms with van der Waals surface area (Å²) in [5, 5.41) is 0. The second-order valence-electron chi connectivity index (χ2n) is 10.9. The molecule has 0 heteroatoms. The Balaban J connectivity index is 2.25. The summed E-state index contributed by atoms with van der Waals surface area (Å²) >= 11 is 0. The Morgan fingerprint density at radius 2 is 1.68 bits per heavy atom. The molecule has 25 heavy (non-hydrogen) atoms. The van der Waals surface area contributed by atoms with E-state index in [0.717, 1.165) is 29.6 Å². The molecule has 2 aliphatic rings. The van der Waals surface area contributed by atoms with Gasteiger partial charge >= 0.3 is 0 Å². The Morgan fingerprint density at radius 3 is 2.32 bits per heavy atom. The van der Waals surface area contributed by atoms with Gasteiger partial charge in [0.1, 0.15) is 0 Å². The zero-order valence-corrected chi connectivity index (χ0v) is 18.7. The number of unbranched alkanes of at least 4 members (excludes halogenated alkanes) is 2. The summed E-state index contributed by atoms with van der Waals surface area (Å²) in [6, 6.07) is 0. The second-order valence-corrected chi connectivity index (χ2v) is 10.9. The maximum absolute atomic E-state index is 2.76. The van der Waals surface area contributed by atoms with Crippen molar-refractivity contribution < 1.29 is 0 Å². The largest absolute Gasteiger partial charge is 0.0654 e. The van der Waals surface area contributed by atoms with Crippen LogP contribution in [0.2, 0.25) is 0 Å². The first-order chi connectivity index (χ1) is 11.8. The van der Waals surface area contributed by atoms with Crippen LogP contribution in [0.25, 0.3) is 0 Å². The Kier molecular flexibility index (Phi) is 7.49. The maximum Gasteiger partial charge on any atom is -0.0233 e. The molecule has 2 saturated carbocycles. The molecule has 2 rings (SSSR count). The number of rotatable bonds is 8. The lowest BCUT2D eigenvalue weighted by Gasteiger charge is -2.63. The van der Waals surface area contributed by atoms with E-state index in [9.17, 15) is 0 Å². The van der Waals surface area contributed by atoms with Crippen LogP contribution < -0.4 is 0 Å². The third kappa shape index (κ3) is 4.47. The predicted octanol–water partition coefficient (Wildman–Crippen LogP) is 8.50. The van der Waals surface area contributed by atoms with Gasteiger partial charge in [0.05, 0.1) is 0 Å². The van der Waals surface area contributed by atoms with Gasteiger partial charge in [-0.05, 0) is 72.5 Å². The fourth-order valence-electron chi connectivity index (χ4n) is 7.02. The van der Waals surface area contributed by atoms with Gasteiger partial charge in [-0.15, -0.1) is 0 Å². The summed E-state index contributed by atoms with van der Waals surface area (Å²) < 4.78 is 0. The highest BCUT2D eigenvalue weighted by Gasteiger charge is 2.57. The van der Waals surface area contributed by atoms with Crippen molar-refractivity contribution in [3.8, 4) is 0 Å². The molecular formula is C25H48. The van der Waals surface area contributed by atoms with Crippen LogP contribution in [0.15, 0.2) is 0 Å². The predicted molar refractivity (Wildman–Crippen MR) is 113 cm³/mol. The third-order valence-electron chi connectivity index (χ3n) is 8.93. The Hall–Kier alpha value is 0. The molecule has 6 atom stereocenters. The van der Waals surface area contributed by atoms with Crippen LogP contribution in [0.3, 0.4) is 0 Å². The van der Waals surface area contributed by atoms with Crippen molar-refractivity contribution in [1.29, 1.82) is 0 Å². The summed E-state index contributed by atoms with van der Waals surface area (Å²) in [5.41, 5.74) is 1.16. The van der Waals surface area contributed by atoms with E-state index in [4.69, 9.17) is 0 Å². The highest BCUT2D eigenvalue weighted by atomic mass is 14.6. The number of fused-ring (bicyclic) bond motifs is 1.